The Hall–Kier alpha value is -8.77. The molecule has 0 saturated heterocycles. The van der Waals surface area contributed by atoms with Gasteiger partial charge in [-0.2, -0.15) is 0 Å². The third-order valence-electron chi connectivity index (χ3n) is 26.7. The van der Waals surface area contributed by atoms with E-state index in [4.69, 9.17) is 0 Å². The summed E-state index contributed by atoms with van der Waals surface area (Å²) >= 11 is -5.75. The molecule has 0 amide bonds. The maximum atomic E-state index is 2.70. The number of fused-ring (bicyclic) bond motifs is 8. The molecule has 0 nitrogen and oxygen atoms in total. The normalized spacial score (nSPS) is 13.6. The molecule has 0 saturated carbocycles. The molecule has 0 aromatic heterocycles. The first-order valence-corrected chi connectivity index (χ1v) is 53.3. The predicted molar refractivity (Wildman–Crippen MR) is 531 cm³/mol. The second-order valence-electron chi connectivity index (χ2n) is 41.8. The molecule has 0 radical (unpaired) electrons. The van der Waals surface area contributed by atoms with Crippen LogP contribution in [0.1, 0.15) is 223 Å². The van der Waals surface area contributed by atoms with Crippen LogP contribution in [0.25, 0.3) is 88.3 Å². The van der Waals surface area contributed by atoms with Crippen LogP contribution in [-0.2, 0) is 101 Å². The molecule has 0 N–H and O–H groups in total. The van der Waals surface area contributed by atoms with Gasteiger partial charge in [-0.25, -0.2) is 0 Å². The summed E-state index contributed by atoms with van der Waals surface area (Å²) in [6.45, 7) is 42.8. The van der Waals surface area contributed by atoms with E-state index in [0.717, 1.165) is 38.5 Å². The summed E-state index contributed by atoms with van der Waals surface area (Å²) in [5.74, 6) is 0. The Bertz CT molecular complexity index is 6220. The van der Waals surface area contributed by atoms with E-state index in [9.17, 15) is 0 Å². The third-order valence-corrected chi connectivity index (χ3v) is 43.3. The minimum Gasteiger partial charge on any atom is -1.00 e. The Balaban J connectivity index is 0.000000212. The molecule has 0 aliphatic heterocycles. The quantitative estimate of drug-likeness (QED) is 0.0904. The molecule has 0 heterocycles. The monoisotopic (exact) mass is 1910 g/mol. The molecule has 6 heteroatoms. The summed E-state index contributed by atoms with van der Waals surface area (Å²) in [5, 5.41) is 5.23. The standard InChI is InChI=1S/C41H37.C41H49.2C15H14.2C5H5.4ClH.2Zr/c1-40(2,3)38-24-34-28(22-36(38)32-19-11-15-26-13-7-9-17-30(26)32)21-29-23-37(39(25-35(29)34)41(4,5)6)33-20-12-16-27-14-8-10-18-31(27)33;1-38(2,3)30-17-13-26(14-18-30)34-22-28-21-29-23-35(27-15-19-31(20-16-27)39(4,5)6)37(41(10,11)12)25-33(29)32(28)24-36(34)40(7,8)9;2*1-3-8-14(9-4-1)12-7-13-15-10-5-2-6-11-15;2*1-2-4-5-3-1;;;;;;/h7-25H,1-6H3;13-25H,1-12H3;2*1-6,8-11H,12-13H2;2*1-3H,4H2;4*1H;;/q;;;;;;;;;;;+4/p-4. The van der Waals surface area contributed by atoms with Crippen LogP contribution in [-0.4, -0.2) is 6.41 Å². The number of allylic oxidation sites excluding steroid dienone is 8. The Morgan fingerprint density at radius 3 is 0.953 bits per heavy atom. The minimum absolute atomic E-state index is 0. The largest absolute Gasteiger partial charge is 1.00 e. The van der Waals surface area contributed by atoms with Gasteiger partial charge < -0.3 is 49.6 Å². The molecule has 0 bridgehead atoms. The van der Waals surface area contributed by atoms with Crippen LogP contribution >= 0.6 is 0 Å². The molecule has 0 atom stereocenters. The van der Waals surface area contributed by atoms with Gasteiger partial charge in [-0.15, -0.1) is 0 Å². The van der Waals surface area contributed by atoms with Gasteiger partial charge >= 0.3 is 764 Å². The van der Waals surface area contributed by atoms with E-state index < -0.39 is 42.5 Å². The van der Waals surface area contributed by atoms with E-state index in [1.807, 2.05) is 0 Å². The van der Waals surface area contributed by atoms with Crippen molar-refractivity contribution in [2.45, 2.75) is 203 Å². The average molecular weight is 1910 g/mol. The fourth-order valence-electron chi connectivity index (χ4n) is 20.3. The smallest absolute Gasteiger partial charge is 1.00 e. The van der Waals surface area contributed by atoms with Crippen molar-refractivity contribution in [1.82, 2.24) is 0 Å². The molecule has 648 valence electrons. The second kappa shape index (κ2) is 39.3. The van der Waals surface area contributed by atoms with Gasteiger partial charge in [0.1, 0.15) is 0 Å². The molecule has 4 aliphatic rings. The van der Waals surface area contributed by atoms with Crippen molar-refractivity contribution in [3.05, 3.63) is 424 Å². The molecule has 128 heavy (non-hydrogen) atoms. The third kappa shape index (κ3) is 20.3. The van der Waals surface area contributed by atoms with Gasteiger partial charge in [0.25, 0.3) is 0 Å². The van der Waals surface area contributed by atoms with Crippen molar-refractivity contribution in [2.75, 3.05) is 0 Å². The van der Waals surface area contributed by atoms with Crippen molar-refractivity contribution < 1.29 is 92.2 Å². The summed E-state index contributed by atoms with van der Waals surface area (Å²) in [7, 11) is 0. The molecular weight excluding hydrogens is 1790 g/mol. The summed E-state index contributed by atoms with van der Waals surface area (Å²) in [5.41, 5.74) is 36.8. The van der Waals surface area contributed by atoms with Crippen LogP contribution in [0.2, 0.25) is 0 Å². The van der Waals surface area contributed by atoms with Crippen molar-refractivity contribution >= 4 is 28.0 Å². The topological polar surface area (TPSA) is 0 Å². The van der Waals surface area contributed by atoms with Crippen molar-refractivity contribution in [3.8, 4) is 66.8 Å². The number of hydrogen-bond donors (Lipinski definition) is 0. The first-order chi connectivity index (χ1) is 59.3. The van der Waals surface area contributed by atoms with Crippen LogP contribution in [0, 0.1) is 0 Å². The van der Waals surface area contributed by atoms with E-state index in [-0.39, 0.29) is 82.1 Å². The molecular formula is C122H124Cl4Zr2. The van der Waals surface area contributed by atoms with Gasteiger partial charge in [-0.05, 0) is 0 Å². The summed E-state index contributed by atoms with van der Waals surface area (Å²) in [4.78, 5) is 0. The molecule has 0 fully saturated rings. The van der Waals surface area contributed by atoms with Crippen molar-refractivity contribution in [3.63, 3.8) is 0 Å². The summed E-state index contributed by atoms with van der Waals surface area (Å²) in [6.07, 6.45) is 20.8. The van der Waals surface area contributed by atoms with Crippen molar-refractivity contribution in [1.29, 1.82) is 0 Å². The number of benzene rings is 14. The van der Waals surface area contributed by atoms with Gasteiger partial charge in [0, 0.05) is 0 Å². The van der Waals surface area contributed by atoms with Crippen LogP contribution in [0.5, 0.6) is 0 Å². The SMILES string of the molecule is CC(C)(C)c1cc2c(cc1-c1cccc3ccccc13)[CH]([Zr+4]([C]1=CC=CC1)=[C](Cc1ccccc1)Cc1ccccc1)c1cc(-c3cccc4ccccc34)c(C(C)(C)C)cc1-2.CC(C)(C)c1ccc(-c2cc3c(cc2C(C)(C)C)-c2cc(C(C)(C)C)c(-c4ccc(C(C)(C)C)cc4)cc2[CH]3[Zr]([C]2=CC=CC2)=[C](Cc2ccccc2)Cc2ccccc2)cc1.[Cl-].[Cl-].[Cl-].[Cl-]. The fraction of sp³-hybridized carbons (Fsp3) is 0.262. The maximum Gasteiger partial charge on any atom is -1.00 e. The van der Waals surface area contributed by atoms with Gasteiger partial charge in [0.05, 0.1) is 0 Å². The van der Waals surface area contributed by atoms with Crippen LogP contribution in [0.3, 0.4) is 0 Å². The summed E-state index contributed by atoms with van der Waals surface area (Å²) in [6, 6.07) is 117. The minimum atomic E-state index is -2.90. The molecule has 0 unspecified atom stereocenters. The van der Waals surface area contributed by atoms with Crippen molar-refractivity contribution in [2.24, 2.45) is 0 Å². The number of halogens is 4. The Morgan fingerprint density at radius 1 is 0.289 bits per heavy atom. The van der Waals surface area contributed by atoms with E-state index in [1.165, 1.54) is 155 Å². The van der Waals surface area contributed by atoms with Gasteiger partial charge in [0.2, 0.25) is 0 Å². The molecule has 4 aliphatic carbocycles. The second-order valence-corrected chi connectivity index (χ2v) is 55.4. The molecule has 0 spiro atoms. The summed E-state index contributed by atoms with van der Waals surface area (Å²) < 4.78 is 7.60. The molecule has 14 aromatic rings. The molecule has 14 aromatic carbocycles. The maximum absolute atomic E-state index is 2.90. The van der Waals surface area contributed by atoms with E-state index in [0.29, 0.717) is 7.25 Å². The Kier molecular flexibility index (Phi) is 29.7. The van der Waals surface area contributed by atoms with Gasteiger partial charge in [-0.1, -0.05) is 0 Å². The van der Waals surface area contributed by atoms with Gasteiger partial charge in [0.15, 0.2) is 0 Å². The predicted octanol–water partition coefficient (Wildman–Crippen LogP) is 20.5. The van der Waals surface area contributed by atoms with E-state index in [2.05, 4.69) is 464 Å². The Morgan fingerprint density at radius 2 is 0.609 bits per heavy atom. The number of rotatable bonds is 16. The number of hydrogen-bond acceptors (Lipinski definition) is 0. The van der Waals surface area contributed by atoms with Crippen LogP contribution in [0.4, 0.5) is 0 Å². The zero-order valence-electron chi connectivity index (χ0n) is 78.2. The van der Waals surface area contributed by atoms with Crippen LogP contribution < -0.4 is 49.6 Å². The van der Waals surface area contributed by atoms with Crippen LogP contribution in [0.15, 0.2) is 346 Å². The zero-order valence-corrected chi connectivity index (χ0v) is 86.2. The average Bonchev–Trinajstić information content (AvgIpc) is 1.56. The Labute approximate surface area is 806 Å². The van der Waals surface area contributed by atoms with E-state index in [1.54, 1.807) is 24.1 Å². The first-order valence-electron chi connectivity index (χ1n) is 45.5. The van der Waals surface area contributed by atoms with Gasteiger partial charge in [-0.3, -0.25) is 0 Å². The molecule has 18 rings (SSSR count). The fourth-order valence-corrected chi connectivity index (χ4v) is 38.7. The van der Waals surface area contributed by atoms with E-state index >= 15 is 0 Å². The zero-order chi connectivity index (χ0) is 86.8. The first kappa shape index (κ1) is 96.8.